The van der Waals surface area contributed by atoms with Crippen LogP contribution in [0.25, 0.3) is 0 Å². The van der Waals surface area contributed by atoms with E-state index in [-0.39, 0.29) is 37.8 Å². The maximum Gasteiger partial charge on any atom is 0.303 e. The van der Waals surface area contributed by atoms with Crippen LogP contribution in [0.4, 0.5) is 0 Å². The van der Waals surface area contributed by atoms with Crippen molar-refractivity contribution in [3.63, 3.8) is 0 Å². The Hall–Kier alpha value is -3.88. The highest BCUT2D eigenvalue weighted by atomic mass is 16.8. The number of amides is 2. The van der Waals surface area contributed by atoms with Crippen molar-refractivity contribution in [2.75, 3.05) is 40.3 Å². The summed E-state index contributed by atoms with van der Waals surface area (Å²) in [5.74, 6) is -3.10. The van der Waals surface area contributed by atoms with Gasteiger partial charge in [-0.05, 0) is 82.4 Å². The third-order valence-electron chi connectivity index (χ3n) is 10.4. The molecule has 289 valence electrons. The number of fused-ring (bicyclic) bond motifs is 2. The number of hydrogen-bond donors (Lipinski definition) is 3. The van der Waals surface area contributed by atoms with Crippen LogP contribution < -0.4 is 5.32 Å². The Bertz CT molecular complexity index is 1660. The molecule has 1 radical (unpaired) electrons. The van der Waals surface area contributed by atoms with Gasteiger partial charge >= 0.3 is 11.9 Å². The molecule has 0 spiro atoms. The first-order valence-electron chi connectivity index (χ1n) is 18.3. The van der Waals surface area contributed by atoms with Crippen molar-refractivity contribution in [2.45, 2.75) is 108 Å². The van der Waals surface area contributed by atoms with Gasteiger partial charge in [0, 0.05) is 51.9 Å². The van der Waals surface area contributed by atoms with Crippen LogP contribution in [0.5, 0.6) is 0 Å². The number of ether oxygens (including phenoxy) is 4. The fourth-order valence-electron chi connectivity index (χ4n) is 7.40. The van der Waals surface area contributed by atoms with E-state index in [4.69, 9.17) is 18.9 Å². The lowest BCUT2D eigenvalue weighted by atomic mass is 9.76. The molecule has 3 N–H and O–H groups in total. The SMILES string of the molecule is CC(=O)O[C@H]1[CH][C@@H](OC(C)=O)[C@@]2(c3ccc(C)c(Cc4ccc(CCCC(=O)N5C[C@@H](O)C[C@H]5C(=O)NCCN(C)C)cc4)c3)OC[C@]1(C(C)(C)O)O2. The van der Waals surface area contributed by atoms with E-state index >= 15 is 0 Å². The Morgan fingerprint density at radius 3 is 2.32 bits per heavy atom. The second-order valence-electron chi connectivity index (χ2n) is 15.3. The smallest absolute Gasteiger partial charge is 0.303 e. The number of likely N-dealkylation sites (tertiary alicyclic amines) is 1. The molecule has 2 bridgehead atoms. The van der Waals surface area contributed by atoms with E-state index in [1.165, 1.54) is 18.7 Å². The van der Waals surface area contributed by atoms with Gasteiger partial charge in [0.15, 0.2) is 11.7 Å². The largest absolute Gasteiger partial charge is 0.459 e. The Kier molecular flexibility index (Phi) is 12.3. The Morgan fingerprint density at radius 1 is 1.02 bits per heavy atom. The summed E-state index contributed by atoms with van der Waals surface area (Å²) in [4.78, 5) is 53.7. The first kappa shape index (κ1) is 40.3. The molecule has 3 aliphatic rings. The van der Waals surface area contributed by atoms with E-state index in [9.17, 15) is 29.4 Å². The zero-order valence-electron chi connectivity index (χ0n) is 31.8. The lowest BCUT2D eigenvalue weighted by Gasteiger charge is -2.50. The molecule has 0 aliphatic carbocycles. The van der Waals surface area contributed by atoms with Crippen LogP contribution >= 0.6 is 0 Å². The number of rotatable bonds is 14. The van der Waals surface area contributed by atoms with E-state index in [0.29, 0.717) is 37.9 Å². The monoisotopic (exact) mass is 736 g/mol. The number of nitrogens with zero attached hydrogens (tertiary/aromatic N) is 2. The zero-order chi connectivity index (χ0) is 38.7. The van der Waals surface area contributed by atoms with Crippen molar-refractivity contribution in [1.82, 2.24) is 15.1 Å². The summed E-state index contributed by atoms with van der Waals surface area (Å²) in [7, 11) is 3.84. The van der Waals surface area contributed by atoms with Gasteiger partial charge < -0.3 is 44.3 Å². The number of aliphatic hydroxyl groups excluding tert-OH is 1. The number of aliphatic hydroxyl groups is 2. The fourth-order valence-corrected chi connectivity index (χ4v) is 7.40. The average molecular weight is 737 g/mol. The summed E-state index contributed by atoms with van der Waals surface area (Å²) >= 11 is 0. The minimum Gasteiger partial charge on any atom is -0.459 e. The van der Waals surface area contributed by atoms with Crippen molar-refractivity contribution >= 4 is 23.8 Å². The molecule has 3 saturated heterocycles. The third kappa shape index (κ3) is 8.92. The number of benzene rings is 2. The lowest BCUT2D eigenvalue weighted by Crippen LogP contribution is -2.67. The van der Waals surface area contributed by atoms with Crippen LogP contribution in [0.15, 0.2) is 42.5 Å². The number of β-amino-alcohol motifs (C(OH)–C–C–N with tert-alkyl or cyclic N) is 1. The summed E-state index contributed by atoms with van der Waals surface area (Å²) in [5.41, 5.74) is 1.77. The van der Waals surface area contributed by atoms with Crippen molar-refractivity contribution in [3.05, 3.63) is 76.7 Å². The quantitative estimate of drug-likeness (QED) is 0.244. The highest BCUT2D eigenvalue weighted by Crippen LogP contribution is 2.54. The fraction of sp³-hybridized carbons (Fsp3) is 0.575. The first-order valence-corrected chi connectivity index (χ1v) is 18.3. The number of hydrogen-bond acceptors (Lipinski definition) is 11. The Morgan fingerprint density at radius 2 is 1.68 bits per heavy atom. The molecule has 2 amide bonds. The van der Waals surface area contributed by atoms with Crippen molar-refractivity contribution in [2.24, 2.45) is 0 Å². The molecular formula is C40H54N3O10. The van der Waals surface area contributed by atoms with E-state index in [1.54, 1.807) is 20.3 Å². The molecule has 5 rings (SSSR count). The molecule has 3 fully saturated rings. The molecule has 3 heterocycles. The van der Waals surface area contributed by atoms with Gasteiger partial charge in [0.2, 0.25) is 17.6 Å². The number of aryl methyl sites for hydroxylation is 2. The maximum atomic E-state index is 13.1. The predicted molar refractivity (Wildman–Crippen MR) is 194 cm³/mol. The van der Waals surface area contributed by atoms with E-state index < -0.39 is 53.3 Å². The topological polar surface area (TPSA) is 164 Å². The Balaban J connectivity index is 1.25. The van der Waals surface area contributed by atoms with Gasteiger partial charge in [-0.15, -0.1) is 0 Å². The zero-order valence-corrected chi connectivity index (χ0v) is 31.8. The summed E-state index contributed by atoms with van der Waals surface area (Å²) in [6.45, 7) is 8.88. The molecule has 2 aromatic carbocycles. The number of carbonyl (C=O) groups excluding carboxylic acids is 4. The summed E-state index contributed by atoms with van der Waals surface area (Å²) in [6.07, 6.45) is 1.12. The van der Waals surface area contributed by atoms with Gasteiger partial charge in [-0.1, -0.05) is 36.4 Å². The van der Waals surface area contributed by atoms with E-state index in [0.717, 1.165) is 22.3 Å². The highest BCUT2D eigenvalue weighted by molar-refractivity contribution is 5.88. The molecule has 6 atom stereocenters. The average Bonchev–Trinajstić information content (AvgIpc) is 3.65. The highest BCUT2D eigenvalue weighted by Gasteiger charge is 2.71. The maximum absolute atomic E-state index is 13.1. The number of likely N-dealkylation sites (N-methyl/N-ethyl adjacent to an activating group) is 1. The number of carbonyl (C=O) groups is 4. The van der Waals surface area contributed by atoms with Crippen LogP contribution in [0.3, 0.4) is 0 Å². The molecule has 0 aromatic heterocycles. The first-order chi connectivity index (χ1) is 24.9. The van der Waals surface area contributed by atoms with E-state index in [2.05, 4.69) is 5.32 Å². The molecule has 2 aromatic rings. The second-order valence-corrected chi connectivity index (χ2v) is 15.3. The minimum atomic E-state index is -1.59. The third-order valence-corrected chi connectivity index (χ3v) is 10.4. The molecule has 13 heteroatoms. The summed E-state index contributed by atoms with van der Waals surface area (Å²) < 4.78 is 24.3. The molecule has 0 unspecified atom stereocenters. The molecular weight excluding hydrogens is 682 g/mol. The van der Waals surface area contributed by atoms with Gasteiger partial charge in [-0.2, -0.15) is 0 Å². The number of esters is 2. The molecule has 13 nitrogen and oxygen atoms in total. The minimum absolute atomic E-state index is 0.119. The van der Waals surface area contributed by atoms with Gasteiger partial charge in [0.25, 0.3) is 0 Å². The van der Waals surface area contributed by atoms with Crippen LogP contribution in [0, 0.1) is 13.3 Å². The van der Waals surface area contributed by atoms with Gasteiger partial charge in [-0.25, -0.2) is 0 Å². The summed E-state index contributed by atoms with van der Waals surface area (Å²) in [6, 6.07) is 13.3. The van der Waals surface area contributed by atoms with E-state index in [1.807, 2.05) is 68.4 Å². The van der Waals surface area contributed by atoms with Crippen molar-refractivity contribution in [3.8, 4) is 0 Å². The summed E-state index contributed by atoms with van der Waals surface area (Å²) in [5, 5.41) is 24.4. The standard InChI is InChI=1S/C40H54N3O10/c1-25-11-16-31(40-35(52-27(3)45)22-34(51-26(2)44)39(53-40,24-50-40)38(4,5)49)20-30(25)19-29-14-12-28(13-15-29)9-8-10-36(47)43-23-32(46)21-33(43)37(48)41-17-18-42(6)7/h11-16,20,22,32-35,46,49H,8-10,17-19,21,23-24H2,1-7H3,(H,41,48)/t32-,33-,34-,35+,39-,40-/m0/s1. The van der Waals surface area contributed by atoms with Gasteiger partial charge in [0.05, 0.1) is 24.7 Å². The van der Waals surface area contributed by atoms with Crippen molar-refractivity contribution < 1.29 is 48.3 Å². The normalized spacial score (nSPS) is 26.8. The second kappa shape index (κ2) is 16.2. The van der Waals surface area contributed by atoms with Crippen LogP contribution in [0.1, 0.15) is 74.8 Å². The van der Waals surface area contributed by atoms with Gasteiger partial charge in [-0.3, -0.25) is 19.2 Å². The number of nitrogens with one attached hydrogen (secondary N) is 1. The van der Waals surface area contributed by atoms with Crippen molar-refractivity contribution in [1.29, 1.82) is 0 Å². The predicted octanol–water partition coefficient (Wildman–Crippen LogP) is 2.34. The van der Waals surface area contributed by atoms with Crippen LogP contribution in [-0.2, 0) is 56.8 Å². The molecule has 53 heavy (non-hydrogen) atoms. The van der Waals surface area contributed by atoms with Crippen LogP contribution in [0.2, 0.25) is 0 Å². The van der Waals surface area contributed by atoms with Crippen LogP contribution in [-0.4, -0.2) is 120 Å². The Labute approximate surface area is 311 Å². The molecule has 3 aliphatic heterocycles. The van der Waals surface area contributed by atoms with Gasteiger partial charge in [0.1, 0.15) is 12.1 Å². The lowest BCUT2D eigenvalue weighted by molar-refractivity contribution is -0.307. The molecule has 0 saturated carbocycles.